The highest BCUT2D eigenvalue weighted by atomic mass is 35.5. The first-order valence-electron chi connectivity index (χ1n) is 8.08. The minimum atomic E-state index is -0.183. The van der Waals surface area contributed by atoms with Crippen molar-refractivity contribution >= 4 is 11.6 Å². The highest BCUT2D eigenvalue weighted by molar-refractivity contribution is 6.32. The largest absolute Gasteiger partial charge is 0.489 e. The first-order chi connectivity index (χ1) is 10.6. The van der Waals surface area contributed by atoms with Crippen LogP contribution in [0.25, 0.3) is 0 Å². The quantitative estimate of drug-likeness (QED) is 0.873. The Morgan fingerprint density at radius 1 is 1.32 bits per heavy atom. The summed E-state index contributed by atoms with van der Waals surface area (Å²) in [5, 5.41) is 10.6. The fraction of sp³-hybridized carbons (Fsp3) is 0.647. The van der Waals surface area contributed by atoms with Crippen molar-refractivity contribution in [3.8, 4) is 11.5 Å². The number of fused-ring (bicyclic) bond motifs is 1. The average molecular weight is 326 g/mol. The van der Waals surface area contributed by atoms with Gasteiger partial charge in [-0.1, -0.05) is 11.6 Å². The van der Waals surface area contributed by atoms with E-state index in [1.54, 1.807) is 0 Å². The molecule has 0 bridgehead atoms. The zero-order valence-electron chi connectivity index (χ0n) is 13.1. The Kier molecular flexibility index (Phi) is 5.11. The minimum absolute atomic E-state index is 0.183. The average Bonchev–Trinajstić information content (AvgIpc) is 3.31. The van der Waals surface area contributed by atoms with Gasteiger partial charge in [0.1, 0.15) is 0 Å². The predicted octanol–water partition coefficient (Wildman–Crippen LogP) is 2.75. The molecule has 2 aliphatic rings. The Labute approximate surface area is 137 Å². The summed E-state index contributed by atoms with van der Waals surface area (Å²) in [4.78, 5) is 2.18. The third-order valence-electron chi connectivity index (χ3n) is 4.31. The van der Waals surface area contributed by atoms with Gasteiger partial charge in [-0.2, -0.15) is 0 Å². The lowest BCUT2D eigenvalue weighted by molar-refractivity contribution is 0.107. The maximum absolute atomic E-state index is 9.99. The van der Waals surface area contributed by atoms with Crippen molar-refractivity contribution in [3.05, 3.63) is 22.7 Å². The number of nitrogens with zero attached hydrogens (tertiary/aromatic N) is 1. The van der Waals surface area contributed by atoms with Gasteiger partial charge in [-0.15, -0.1) is 0 Å². The van der Waals surface area contributed by atoms with Crippen LogP contribution in [-0.4, -0.2) is 49.5 Å². The van der Waals surface area contributed by atoms with E-state index in [0.717, 1.165) is 37.2 Å². The van der Waals surface area contributed by atoms with E-state index in [1.807, 2.05) is 12.1 Å². The van der Waals surface area contributed by atoms with E-state index in [9.17, 15) is 5.11 Å². The van der Waals surface area contributed by atoms with Gasteiger partial charge >= 0.3 is 0 Å². The summed E-state index contributed by atoms with van der Waals surface area (Å²) < 4.78 is 11.4. The molecule has 1 aliphatic heterocycles. The van der Waals surface area contributed by atoms with Gasteiger partial charge in [0.25, 0.3) is 0 Å². The van der Waals surface area contributed by atoms with Crippen molar-refractivity contribution in [2.24, 2.45) is 5.92 Å². The molecule has 0 aromatic heterocycles. The molecule has 22 heavy (non-hydrogen) atoms. The molecule has 4 nitrogen and oxygen atoms in total. The van der Waals surface area contributed by atoms with Crippen LogP contribution in [0.5, 0.6) is 11.5 Å². The zero-order chi connectivity index (χ0) is 15.5. The van der Waals surface area contributed by atoms with Crippen molar-refractivity contribution in [3.63, 3.8) is 0 Å². The van der Waals surface area contributed by atoms with Gasteiger partial charge in [-0.3, -0.25) is 0 Å². The molecular formula is C17H24ClNO3. The minimum Gasteiger partial charge on any atom is -0.489 e. The fourth-order valence-corrected chi connectivity index (χ4v) is 3.08. The van der Waals surface area contributed by atoms with Crippen molar-refractivity contribution in [2.75, 3.05) is 33.4 Å². The van der Waals surface area contributed by atoms with Crippen LogP contribution in [0.3, 0.4) is 0 Å². The smallest absolute Gasteiger partial charge is 0.179 e. The first-order valence-corrected chi connectivity index (χ1v) is 8.46. The van der Waals surface area contributed by atoms with E-state index in [2.05, 4.69) is 11.9 Å². The standard InChI is InChI=1S/C17H24ClNO3/c1-19(11-15(20)13-3-4-13)6-5-12-9-14(18)17-16(10-12)21-7-2-8-22-17/h9-10,13,15,20H,2-8,11H2,1H3. The predicted molar refractivity (Wildman–Crippen MR) is 87.0 cm³/mol. The van der Waals surface area contributed by atoms with Crippen LogP contribution in [0.2, 0.25) is 5.02 Å². The van der Waals surface area contributed by atoms with Crippen LogP contribution >= 0.6 is 11.6 Å². The Bertz CT molecular complexity index is 519. The summed E-state index contributed by atoms with van der Waals surface area (Å²) in [5.41, 5.74) is 1.14. The van der Waals surface area contributed by atoms with Crippen molar-refractivity contribution in [1.29, 1.82) is 0 Å². The van der Waals surface area contributed by atoms with Gasteiger partial charge in [-0.05, 0) is 49.9 Å². The third kappa shape index (κ3) is 4.06. The van der Waals surface area contributed by atoms with E-state index in [1.165, 1.54) is 12.8 Å². The number of likely N-dealkylation sites (N-methyl/N-ethyl adjacent to an activating group) is 1. The molecule has 1 aromatic carbocycles. The van der Waals surface area contributed by atoms with E-state index in [4.69, 9.17) is 21.1 Å². The molecule has 0 radical (unpaired) electrons. The summed E-state index contributed by atoms with van der Waals surface area (Å²) in [7, 11) is 2.05. The molecule has 1 unspecified atom stereocenters. The molecule has 0 saturated heterocycles. The Balaban J connectivity index is 1.57. The number of rotatable bonds is 6. The highest BCUT2D eigenvalue weighted by Gasteiger charge is 2.30. The Morgan fingerprint density at radius 3 is 2.86 bits per heavy atom. The van der Waals surface area contributed by atoms with Crippen molar-refractivity contribution < 1.29 is 14.6 Å². The monoisotopic (exact) mass is 325 g/mol. The lowest BCUT2D eigenvalue weighted by Crippen LogP contribution is -2.31. The van der Waals surface area contributed by atoms with Crippen molar-refractivity contribution in [2.45, 2.75) is 31.8 Å². The molecule has 1 aliphatic carbocycles. The lowest BCUT2D eigenvalue weighted by Gasteiger charge is -2.20. The molecule has 122 valence electrons. The first kappa shape index (κ1) is 15.9. The molecule has 1 heterocycles. The molecular weight excluding hydrogens is 302 g/mol. The van der Waals surface area contributed by atoms with Gasteiger partial charge in [0.2, 0.25) is 0 Å². The van der Waals surface area contributed by atoms with E-state index < -0.39 is 0 Å². The van der Waals surface area contributed by atoms with E-state index in [-0.39, 0.29) is 6.10 Å². The summed E-state index contributed by atoms with van der Waals surface area (Å²) in [5.74, 6) is 1.94. The summed E-state index contributed by atoms with van der Waals surface area (Å²) in [6, 6.07) is 3.98. The topological polar surface area (TPSA) is 41.9 Å². The second kappa shape index (κ2) is 7.07. The maximum Gasteiger partial charge on any atom is 0.179 e. The molecule has 1 fully saturated rings. The number of benzene rings is 1. The molecule has 1 aromatic rings. The lowest BCUT2D eigenvalue weighted by atomic mass is 10.1. The van der Waals surface area contributed by atoms with Crippen LogP contribution in [0.15, 0.2) is 12.1 Å². The normalized spacial score (nSPS) is 19.1. The van der Waals surface area contributed by atoms with Crippen LogP contribution < -0.4 is 9.47 Å². The Hall–Kier alpha value is -0.970. The molecule has 0 amide bonds. The third-order valence-corrected chi connectivity index (χ3v) is 4.59. The van der Waals surface area contributed by atoms with E-state index >= 15 is 0 Å². The molecule has 1 atom stereocenters. The maximum atomic E-state index is 9.99. The number of halogens is 1. The summed E-state index contributed by atoms with van der Waals surface area (Å²) >= 11 is 6.31. The Morgan fingerprint density at radius 2 is 2.09 bits per heavy atom. The molecule has 3 rings (SSSR count). The second-order valence-corrected chi connectivity index (χ2v) is 6.78. The fourth-order valence-electron chi connectivity index (χ4n) is 2.79. The number of aliphatic hydroxyl groups is 1. The van der Waals surface area contributed by atoms with Gasteiger partial charge in [0.05, 0.1) is 24.3 Å². The van der Waals surface area contributed by atoms with Gasteiger partial charge in [-0.25, -0.2) is 0 Å². The summed E-state index contributed by atoms with van der Waals surface area (Å²) in [6.45, 7) is 2.94. The second-order valence-electron chi connectivity index (χ2n) is 6.37. The number of hydrogen-bond acceptors (Lipinski definition) is 4. The SMILES string of the molecule is CN(CCc1cc(Cl)c2c(c1)OCCCO2)CC(O)C1CC1. The van der Waals surface area contributed by atoms with Crippen LogP contribution in [-0.2, 0) is 6.42 Å². The summed E-state index contributed by atoms with van der Waals surface area (Å²) in [6.07, 6.45) is 3.92. The van der Waals surface area contributed by atoms with E-state index in [0.29, 0.717) is 29.9 Å². The molecule has 1 saturated carbocycles. The van der Waals surface area contributed by atoms with Gasteiger partial charge in [0, 0.05) is 19.5 Å². The van der Waals surface area contributed by atoms with Crippen LogP contribution in [0.4, 0.5) is 0 Å². The zero-order valence-corrected chi connectivity index (χ0v) is 13.8. The number of hydrogen-bond donors (Lipinski definition) is 1. The molecule has 0 spiro atoms. The van der Waals surface area contributed by atoms with Gasteiger partial charge in [0.15, 0.2) is 11.5 Å². The van der Waals surface area contributed by atoms with Crippen LogP contribution in [0, 0.1) is 5.92 Å². The molecule has 5 heteroatoms. The van der Waals surface area contributed by atoms with Gasteiger partial charge < -0.3 is 19.5 Å². The van der Waals surface area contributed by atoms with Crippen molar-refractivity contribution in [1.82, 2.24) is 4.90 Å². The molecule has 1 N–H and O–H groups in total. The van der Waals surface area contributed by atoms with Crippen LogP contribution in [0.1, 0.15) is 24.8 Å². The number of ether oxygens (including phenoxy) is 2. The number of aliphatic hydroxyl groups excluding tert-OH is 1. The highest BCUT2D eigenvalue weighted by Crippen LogP contribution is 2.38.